The molecule has 5 rings (SSSR count). The van der Waals surface area contributed by atoms with Crippen molar-refractivity contribution in [2.24, 2.45) is 4.99 Å². The number of halogens is 1. The number of nitrogens with zero attached hydrogens (tertiary/aromatic N) is 4. The van der Waals surface area contributed by atoms with Gasteiger partial charge in [-0.2, -0.15) is 0 Å². The van der Waals surface area contributed by atoms with Crippen LogP contribution in [0.5, 0.6) is 11.5 Å². The summed E-state index contributed by atoms with van der Waals surface area (Å²) in [5.41, 5.74) is 3.65. The van der Waals surface area contributed by atoms with Crippen LogP contribution in [0.2, 0.25) is 5.02 Å². The van der Waals surface area contributed by atoms with Crippen LogP contribution in [0.25, 0.3) is 0 Å². The first-order chi connectivity index (χ1) is 18.5. The Morgan fingerprint density at radius 3 is 2.42 bits per heavy atom. The average Bonchev–Trinajstić information content (AvgIpc) is 2.97. The van der Waals surface area contributed by atoms with Crippen LogP contribution >= 0.6 is 11.6 Å². The molecule has 0 bridgehead atoms. The van der Waals surface area contributed by atoms with E-state index in [4.69, 9.17) is 30.8 Å². The van der Waals surface area contributed by atoms with Crippen molar-refractivity contribution in [2.75, 3.05) is 57.3 Å². The van der Waals surface area contributed by atoms with Crippen molar-refractivity contribution in [1.82, 2.24) is 4.90 Å². The third-order valence-corrected chi connectivity index (χ3v) is 7.25. The van der Waals surface area contributed by atoms with Gasteiger partial charge in [0.1, 0.15) is 11.5 Å². The van der Waals surface area contributed by atoms with Gasteiger partial charge in [0.15, 0.2) is 0 Å². The summed E-state index contributed by atoms with van der Waals surface area (Å²) >= 11 is 6.47. The first kappa shape index (κ1) is 25.7. The molecule has 0 spiro atoms. The lowest BCUT2D eigenvalue weighted by Gasteiger charge is -2.45. The van der Waals surface area contributed by atoms with Crippen LogP contribution in [0.15, 0.2) is 71.7 Å². The molecule has 8 nitrogen and oxygen atoms in total. The second-order valence-corrected chi connectivity index (χ2v) is 9.56. The van der Waals surface area contributed by atoms with E-state index in [9.17, 15) is 4.79 Å². The van der Waals surface area contributed by atoms with Crippen molar-refractivity contribution in [3.8, 4) is 11.5 Å². The highest BCUT2D eigenvalue weighted by molar-refractivity contribution is 6.31. The summed E-state index contributed by atoms with van der Waals surface area (Å²) in [7, 11) is 4.72. The third kappa shape index (κ3) is 5.09. The lowest BCUT2D eigenvalue weighted by Crippen LogP contribution is -2.55. The number of ether oxygens (including phenoxy) is 3. The van der Waals surface area contributed by atoms with Gasteiger partial charge in [0.2, 0.25) is 5.96 Å². The number of anilines is 2. The lowest BCUT2D eigenvalue weighted by atomic mass is 9.97. The molecular weight excluding hydrogens is 504 g/mol. The molecule has 1 unspecified atom stereocenters. The number of fused-ring (bicyclic) bond motifs is 1. The Hall–Kier alpha value is -3.91. The van der Waals surface area contributed by atoms with E-state index in [1.54, 1.807) is 20.3 Å². The van der Waals surface area contributed by atoms with Crippen molar-refractivity contribution in [1.29, 1.82) is 0 Å². The number of methoxy groups -OCH3 is 3. The van der Waals surface area contributed by atoms with Crippen molar-refractivity contribution in [3.05, 3.63) is 77.3 Å². The van der Waals surface area contributed by atoms with Gasteiger partial charge in [-0.25, -0.2) is 4.99 Å². The third-order valence-electron chi connectivity index (χ3n) is 7.01. The molecule has 0 amide bonds. The summed E-state index contributed by atoms with van der Waals surface area (Å²) in [5.74, 6) is 1.93. The number of carbonyl (C=O) groups excluding carboxylic acids is 1. The molecule has 0 aliphatic carbocycles. The minimum absolute atomic E-state index is 0.145. The quantitative estimate of drug-likeness (QED) is 0.398. The molecule has 1 atom stereocenters. The molecule has 0 saturated carbocycles. The average molecular weight is 535 g/mol. The van der Waals surface area contributed by atoms with E-state index < -0.39 is 0 Å². The van der Waals surface area contributed by atoms with Gasteiger partial charge in [-0.15, -0.1) is 0 Å². The summed E-state index contributed by atoms with van der Waals surface area (Å²) in [6, 6.07) is 21.2. The molecular formula is C29H31ClN4O4. The van der Waals surface area contributed by atoms with Crippen LogP contribution in [-0.4, -0.2) is 64.3 Å². The van der Waals surface area contributed by atoms with Crippen LogP contribution in [0.4, 0.5) is 17.1 Å². The van der Waals surface area contributed by atoms with Crippen molar-refractivity contribution >= 4 is 40.6 Å². The Morgan fingerprint density at radius 2 is 1.68 bits per heavy atom. The Bertz CT molecular complexity index is 1340. The Balaban J connectivity index is 1.54. The molecule has 2 heterocycles. The lowest BCUT2D eigenvalue weighted by molar-refractivity contribution is -0.141. The highest BCUT2D eigenvalue weighted by Gasteiger charge is 2.38. The molecule has 9 heteroatoms. The summed E-state index contributed by atoms with van der Waals surface area (Å²) < 4.78 is 16.3. The number of hydrogen-bond donors (Lipinski definition) is 0. The maximum atomic E-state index is 12.6. The molecule has 3 aromatic rings. The maximum absolute atomic E-state index is 12.6. The van der Waals surface area contributed by atoms with Gasteiger partial charge >= 0.3 is 5.97 Å². The SMILES string of the molecule is COC(=O)CC1c2ccccc2N=C(N2CCN(c3cccc(OC)c3)CC2)N1c1cc(Cl)ccc1OC. The second-order valence-electron chi connectivity index (χ2n) is 9.13. The maximum Gasteiger partial charge on any atom is 0.307 e. The molecule has 3 aromatic carbocycles. The number of benzene rings is 3. The first-order valence-electron chi connectivity index (χ1n) is 12.5. The number of rotatable bonds is 6. The number of aliphatic imine (C=N–C) groups is 1. The molecule has 198 valence electrons. The molecule has 0 aromatic heterocycles. The van der Waals surface area contributed by atoms with Gasteiger partial charge in [-0.1, -0.05) is 35.9 Å². The Morgan fingerprint density at radius 1 is 0.921 bits per heavy atom. The fourth-order valence-corrected chi connectivity index (χ4v) is 5.24. The van der Waals surface area contributed by atoms with E-state index in [1.807, 2.05) is 48.5 Å². The first-order valence-corrected chi connectivity index (χ1v) is 12.9. The van der Waals surface area contributed by atoms with Crippen molar-refractivity contribution in [2.45, 2.75) is 12.5 Å². The molecule has 2 aliphatic rings. The van der Waals surface area contributed by atoms with Gasteiger partial charge in [-0.05, 0) is 36.4 Å². The fourth-order valence-electron chi connectivity index (χ4n) is 5.08. The largest absolute Gasteiger partial charge is 0.497 e. The zero-order valence-electron chi connectivity index (χ0n) is 21.8. The molecule has 2 aliphatic heterocycles. The molecule has 1 fully saturated rings. The van der Waals surface area contributed by atoms with E-state index in [0.29, 0.717) is 10.8 Å². The molecule has 38 heavy (non-hydrogen) atoms. The summed E-state index contributed by atoms with van der Waals surface area (Å²) in [6.07, 6.45) is 0.145. The highest BCUT2D eigenvalue weighted by atomic mass is 35.5. The fraction of sp³-hybridized carbons (Fsp3) is 0.310. The number of piperazine rings is 1. The van der Waals surface area contributed by atoms with E-state index in [0.717, 1.165) is 60.5 Å². The topological polar surface area (TPSA) is 66.8 Å². The Kier molecular flexibility index (Phi) is 7.60. The molecule has 0 N–H and O–H groups in total. The summed E-state index contributed by atoms with van der Waals surface area (Å²) in [6.45, 7) is 3.08. The van der Waals surface area contributed by atoms with Crippen LogP contribution in [0.1, 0.15) is 18.0 Å². The van der Waals surface area contributed by atoms with Crippen molar-refractivity contribution in [3.63, 3.8) is 0 Å². The van der Waals surface area contributed by atoms with Gasteiger partial charge in [0.25, 0.3) is 0 Å². The summed E-state index contributed by atoms with van der Waals surface area (Å²) in [4.78, 5) is 24.4. The monoisotopic (exact) mass is 534 g/mol. The predicted molar refractivity (Wildman–Crippen MR) is 150 cm³/mol. The molecule has 1 saturated heterocycles. The van der Waals surface area contributed by atoms with Crippen LogP contribution in [-0.2, 0) is 9.53 Å². The number of esters is 1. The number of carbonyl (C=O) groups is 1. The predicted octanol–water partition coefficient (Wildman–Crippen LogP) is 5.29. The van der Waals surface area contributed by atoms with Gasteiger partial charge in [0.05, 0.1) is 45.2 Å². The van der Waals surface area contributed by atoms with Gasteiger partial charge in [-0.3, -0.25) is 4.79 Å². The van der Waals surface area contributed by atoms with E-state index in [1.165, 1.54) is 7.11 Å². The number of para-hydroxylation sites is 1. The van der Waals surface area contributed by atoms with E-state index in [-0.39, 0.29) is 18.4 Å². The van der Waals surface area contributed by atoms with Gasteiger partial charge < -0.3 is 28.9 Å². The number of hydrogen-bond acceptors (Lipinski definition) is 8. The van der Waals surface area contributed by atoms with Crippen molar-refractivity contribution < 1.29 is 19.0 Å². The van der Waals surface area contributed by atoms with Crippen LogP contribution < -0.4 is 19.3 Å². The normalized spacial score (nSPS) is 17.0. The zero-order chi connectivity index (χ0) is 26.6. The van der Waals surface area contributed by atoms with E-state index >= 15 is 0 Å². The smallest absolute Gasteiger partial charge is 0.307 e. The number of guanidine groups is 1. The zero-order valence-corrected chi connectivity index (χ0v) is 22.5. The second kappa shape index (κ2) is 11.2. The van der Waals surface area contributed by atoms with Crippen LogP contribution in [0.3, 0.4) is 0 Å². The minimum Gasteiger partial charge on any atom is -0.497 e. The highest BCUT2D eigenvalue weighted by Crippen LogP contribution is 2.44. The summed E-state index contributed by atoms with van der Waals surface area (Å²) in [5, 5.41) is 0.568. The standard InChI is InChI=1S/C29H31ClN4O4/c1-36-22-8-6-7-21(18-22)32-13-15-33(16-14-32)29-31-24-10-5-4-9-23(24)25(19-28(35)38-3)34(29)26-17-20(30)11-12-27(26)37-2/h4-12,17-18,25H,13-16,19H2,1-3H3. The van der Waals surface area contributed by atoms with Crippen LogP contribution in [0, 0.1) is 0 Å². The Labute approximate surface area is 228 Å². The molecule has 0 radical (unpaired) electrons. The van der Waals surface area contributed by atoms with Gasteiger partial charge in [0, 0.05) is 48.5 Å². The van der Waals surface area contributed by atoms with E-state index in [2.05, 4.69) is 26.8 Å². The minimum atomic E-state index is -0.352.